The molecule has 0 bridgehead atoms. The largest absolute Gasteiger partial charge is 0.416 e. The van der Waals surface area contributed by atoms with Gasteiger partial charge in [0, 0.05) is 6.54 Å². The summed E-state index contributed by atoms with van der Waals surface area (Å²) in [6.07, 6.45) is -4.18. The zero-order valence-electron chi connectivity index (χ0n) is 23.3. The second-order valence-corrected chi connectivity index (χ2v) is 11.2. The van der Waals surface area contributed by atoms with Crippen LogP contribution in [0.15, 0.2) is 71.5 Å². The summed E-state index contributed by atoms with van der Waals surface area (Å²) >= 11 is 0. The first kappa shape index (κ1) is 29.3. The van der Waals surface area contributed by atoms with Crippen molar-refractivity contribution in [2.45, 2.75) is 49.9 Å². The van der Waals surface area contributed by atoms with E-state index in [9.17, 15) is 37.5 Å². The predicted octanol–water partition coefficient (Wildman–Crippen LogP) is 5.55. The Kier molecular flexibility index (Phi) is 7.33. The van der Waals surface area contributed by atoms with E-state index in [1.165, 1.54) is 23.1 Å². The molecule has 1 aromatic heterocycles. The lowest BCUT2D eigenvalue weighted by atomic mass is 9.91. The van der Waals surface area contributed by atoms with Gasteiger partial charge in [-0.25, -0.2) is 9.37 Å². The maximum Gasteiger partial charge on any atom is 0.416 e. The molecular formula is C33H26F4N4O3. The van der Waals surface area contributed by atoms with Crippen LogP contribution in [0, 0.1) is 17.1 Å². The van der Waals surface area contributed by atoms with Gasteiger partial charge in [0.25, 0.3) is 11.5 Å². The molecule has 11 heteroatoms. The second kappa shape index (κ2) is 11.0. The first-order valence-corrected chi connectivity index (χ1v) is 14.1. The van der Waals surface area contributed by atoms with Gasteiger partial charge in [-0.1, -0.05) is 36.4 Å². The number of carbonyl (C=O) groups excluding carboxylic acids is 1. The average molecular weight is 603 g/mol. The Morgan fingerprint density at radius 1 is 1.07 bits per heavy atom. The van der Waals surface area contributed by atoms with Gasteiger partial charge in [0.2, 0.25) is 0 Å². The minimum Gasteiger partial charge on any atom is -0.378 e. The van der Waals surface area contributed by atoms with E-state index in [0.29, 0.717) is 29.9 Å². The molecule has 0 unspecified atom stereocenters. The van der Waals surface area contributed by atoms with Crippen molar-refractivity contribution in [1.82, 2.24) is 14.9 Å². The van der Waals surface area contributed by atoms with Crippen molar-refractivity contribution >= 4 is 5.91 Å². The van der Waals surface area contributed by atoms with Crippen LogP contribution in [0.4, 0.5) is 17.6 Å². The van der Waals surface area contributed by atoms with E-state index in [1.54, 1.807) is 6.07 Å². The van der Waals surface area contributed by atoms with E-state index in [4.69, 9.17) is 4.98 Å². The molecule has 224 valence electrons. The predicted molar refractivity (Wildman–Crippen MR) is 152 cm³/mol. The summed E-state index contributed by atoms with van der Waals surface area (Å²) in [5, 5.41) is 19.9. The fourth-order valence-electron chi connectivity index (χ4n) is 5.84. The smallest absolute Gasteiger partial charge is 0.378 e. The molecule has 2 heterocycles. The molecule has 1 aliphatic heterocycles. The normalized spacial score (nSPS) is 16.4. The molecule has 3 aromatic carbocycles. The minimum atomic E-state index is -4.63. The summed E-state index contributed by atoms with van der Waals surface area (Å²) in [5.41, 5.74) is 1.02. The second-order valence-electron chi connectivity index (χ2n) is 11.2. The summed E-state index contributed by atoms with van der Waals surface area (Å²) in [5.74, 6) is -0.829. The van der Waals surface area contributed by atoms with Gasteiger partial charge in [-0.2, -0.15) is 18.4 Å². The monoisotopic (exact) mass is 602 g/mol. The number of alkyl halides is 3. The third-order valence-corrected chi connectivity index (χ3v) is 8.35. The molecule has 44 heavy (non-hydrogen) atoms. The van der Waals surface area contributed by atoms with E-state index in [-0.39, 0.29) is 29.8 Å². The van der Waals surface area contributed by atoms with Crippen LogP contribution < -0.4 is 5.56 Å². The van der Waals surface area contributed by atoms with Crippen molar-refractivity contribution in [3.8, 4) is 17.2 Å². The van der Waals surface area contributed by atoms with Crippen LogP contribution in [0.5, 0.6) is 0 Å². The van der Waals surface area contributed by atoms with Crippen molar-refractivity contribution in [2.75, 3.05) is 6.54 Å². The van der Waals surface area contributed by atoms with Gasteiger partial charge < -0.3 is 15.0 Å². The van der Waals surface area contributed by atoms with Gasteiger partial charge in [0.15, 0.2) is 6.10 Å². The van der Waals surface area contributed by atoms with Crippen LogP contribution in [0.25, 0.3) is 11.1 Å². The lowest BCUT2D eigenvalue weighted by molar-refractivity contribution is -0.142. The summed E-state index contributed by atoms with van der Waals surface area (Å²) in [4.78, 5) is 35.6. The number of H-pyrrole nitrogens is 1. The number of nitrogens with one attached hydrogen (secondary N) is 1. The number of carbonyl (C=O) groups is 1. The highest BCUT2D eigenvalue weighted by Gasteiger charge is 2.49. The Morgan fingerprint density at radius 3 is 2.57 bits per heavy atom. The van der Waals surface area contributed by atoms with Crippen LogP contribution in [0.3, 0.4) is 0 Å². The Balaban J connectivity index is 1.27. The van der Waals surface area contributed by atoms with Crippen molar-refractivity contribution in [2.24, 2.45) is 0 Å². The SMILES string of the molecule is N#Cc1cc(F)cc(-c2cccc(C3(c4nc5c(c(=O)[nH]4)CN(C(=O)[C@H](O)c4cccc(C(F)(F)F)c4)CCC5)CC3)c2)c1. The number of fused-ring (bicyclic) bond motifs is 1. The number of amides is 1. The summed E-state index contributed by atoms with van der Waals surface area (Å²) in [6.45, 7) is 0.0432. The van der Waals surface area contributed by atoms with Gasteiger partial charge in [0.05, 0.1) is 40.4 Å². The van der Waals surface area contributed by atoms with Gasteiger partial charge in [-0.05, 0) is 78.3 Å². The molecule has 0 radical (unpaired) electrons. The van der Waals surface area contributed by atoms with E-state index < -0.39 is 40.5 Å². The molecule has 0 saturated heterocycles. The van der Waals surface area contributed by atoms with Crippen LogP contribution in [0.1, 0.15) is 64.7 Å². The summed E-state index contributed by atoms with van der Waals surface area (Å²) in [6, 6.07) is 17.6. The zero-order chi connectivity index (χ0) is 31.2. The number of rotatable bonds is 5. The molecule has 1 atom stereocenters. The first-order chi connectivity index (χ1) is 21.0. The Morgan fingerprint density at radius 2 is 1.84 bits per heavy atom. The molecule has 2 aliphatic rings. The fourth-order valence-corrected chi connectivity index (χ4v) is 5.84. The Labute approximate surface area is 249 Å². The first-order valence-electron chi connectivity index (χ1n) is 14.1. The average Bonchev–Trinajstić information content (AvgIpc) is 3.84. The molecule has 1 saturated carbocycles. The van der Waals surface area contributed by atoms with Crippen molar-refractivity contribution in [1.29, 1.82) is 5.26 Å². The number of aromatic amines is 1. The van der Waals surface area contributed by atoms with E-state index in [2.05, 4.69) is 4.98 Å². The van der Waals surface area contributed by atoms with Gasteiger partial charge >= 0.3 is 6.18 Å². The van der Waals surface area contributed by atoms with Gasteiger partial charge in [-0.3, -0.25) is 9.59 Å². The maximum atomic E-state index is 14.1. The van der Waals surface area contributed by atoms with Crippen molar-refractivity contribution in [3.63, 3.8) is 0 Å². The standard InChI is InChI=1S/C33H26F4N4O3/c34-25-13-19(17-38)12-22(16-25)20-4-1-6-23(14-20)32(9-10-32)31-39-27-8-3-11-41(18-26(27)29(43)40-31)30(44)28(42)21-5-2-7-24(15-21)33(35,36)37/h1-2,4-7,12-16,28,42H,3,8-11,18H2,(H,39,40,43)/t28-/m1/s1. The summed E-state index contributed by atoms with van der Waals surface area (Å²) < 4.78 is 53.7. The Bertz CT molecular complexity index is 1870. The van der Waals surface area contributed by atoms with E-state index in [0.717, 1.165) is 42.2 Å². The number of benzene rings is 3. The highest BCUT2D eigenvalue weighted by Crippen LogP contribution is 2.52. The molecule has 4 aromatic rings. The van der Waals surface area contributed by atoms with Gasteiger partial charge in [-0.15, -0.1) is 0 Å². The van der Waals surface area contributed by atoms with Crippen molar-refractivity contribution < 1.29 is 27.5 Å². The fraction of sp³-hybridized carbons (Fsp3) is 0.273. The zero-order valence-corrected chi connectivity index (χ0v) is 23.3. The number of hydrogen-bond donors (Lipinski definition) is 2. The molecule has 0 spiro atoms. The number of hydrogen-bond acceptors (Lipinski definition) is 5. The van der Waals surface area contributed by atoms with Crippen molar-refractivity contribution in [3.05, 3.63) is 122 Å². The van der Waals surface area contributed by atoms with Gasteiger partial charge in [0.1, 0.15) is 11.6 Å². The van der Waals surface area contributed by atoms with Crippen LogP contribution >= 0.6 is 0 Å². The number of nitrogens with zero attached hydrogens (tertiary/aromatic N) is 3. The summed E-state index contributed by atoms with van der Waals surface area (Å²) in [7, 11) is 0. The Hall–Kier alpha value is -4.82. The lowest BCUT2D eigenvalue weighted by Crippen LogP contribution is -2.36. The highest BCUT2D eigenvalue weighted by molar-refractivity contribution is 5.82. The molecule has 7 nitrogen and oxygen atoms in total. The number of aromatic nitrogens is 2. The third-order valence-electron chi connectivity index (χ3n) is 8.35. The van der Waals surface area contributed by atoms with Crippen LogP contribution in [-0.4, -0.2) is 32.4 Å². The molecule has 6 rings (SSSR count). The molecule has 1 amide bonds. The number of aliphatic hydroxyl groups excluding tert-OH is 1. The number of aliphatic hydroxyl groups is 1. The lowest BCUT2D eigenvalue weighted by Gasteiger charge is -2.24. The molecule has 1 aliphatic carbocycles. The third kappa shape index (κ3) is 5.49. The number of aryl methyl sites for hydroxylation is 1. The van der Waals surface area contributed by atoms with Crippen LogP contribution in [0.2, 0.25) is 0 Å². The van der Waals surface area contributed by atoms with E-state index >= 15 is 0 Å². The number of nitriles is 1. The van der Waals surface area contributed by atoms with E-state index in [1.807, 2.05) is 30.3 Å². The molecule has 1 fully saturated rings. The van der Waals surface area contributed by atoms with Crippen LogP contribution in [-0.2, 0) is 29.4 Å². The molecule has 2 N–H and O–H groups in total. The quantitative estimate of drug-likeness (QED) is 0.291. The molecular weight excluding hydrogens is 576 g/mol. The topological polar surface area (TPSA) is 110 Å². The highest BCUT2D eigenvalue weighted by atomic mass is 19.4. The number of halogens is 4. The minimum absolute atomic E-state index is 0.143. The maximum absolute atomic E-state index is 14.1.